The molecule has 0 unspecified atom stereocenters. The minimum absolute atomic E-state index is 0.000256. The lowest BCUT2D eigenvalue weighted by molar-refractivity contribution is 0.460. The summed E-state index contributed by atoms with van der Waals surface area (Å²) >= 11 is 0. The van der Waals surface area contributed by atoms with Crippen LogP contribution in [0.3, 0.4) is 0 Å². The fourth-order valence-corrected chi connectivity index (χ4v) is 3.55. The molecule has 2 aromatic rings. The predicted octanol–water partition coefficient (Wildman–Crippen LogP) is 1.74. The van der Waals surface area contributed by atoms with Crippen molar-refractivity contribution in [2.75, 3.05) is 0 Å². The van der Waals surface area contributed by atoms with Crippen LogP contribution in [0.2, 0.25) is 0 Å². The van der Waals surface area contributed by atoms with Gasteiger partial charge < -0.3 is 4.42 Å². The summed E-state index contributed by atoms with van der Waals surface area (Å²) in [7, 11) is -3.56. The van der Waals surface area contributed by atoms with Crippen LogP contribution < -0.4 is 4.72 Å². The Labute approximate surface area is 123 Å². The second-order valence-electron chi connectivity index (χ2n) is 5.18. The maximum absolute atomic E-state index is 12.3. The Hall–Kier alpha value is -1.73. The van der Waals surface area contributed by atoms with Crippen LogP contribution >= 0.6 is 0 Å². The number of benzene rings is 1. The van der Waals surface area contributed by atoms with Crippen LogP contribution in [-0.2, 0) is 29.4 Å². The third-order valence-electron chi connectivity index (χ3n) is 3.61. The largest absolute Gasteiger partial charge is 0.424 e. The molecule has 1 heterocycles. The molecule has 0 saturated heterocycles. The van der Waals surface area contributed by atoms with E-state index in [4.69, 9.17) is 4.42 Å². The number of nitrogens with zero attached hydrogens (tertiary/aromatic N) is 2. The Bertz CT molecular complexity index is 753. The highest BCUT2D eigenvalue weighted by molar-refractivity contribution is 7.89. The van der Waals surface area contributed by atoms with Crippen molar-refractivity contribution < 1.29 is 12.8 Å². The highest BCUT2D eigenvalue weighted by atomic mass is 32.2. The van der Waals surface area contributed by atoms with E-state index >= 15 is 0 Å². The van der Waals surface area contributed by atoms with E-state index < -0.39 is 10.0 Å². The fourth-order valence-electron chi connectivity index (χ4n) is 2.53. The van der Waals surface area contributed by atoms with Crippen molar-refractivity contribution in [2.24, 2.45) is 0 Å². The number of aryl methyl sites for hydroxylation is 3. The summed E-state index contributed by atoms with van der Waals surface area (Å²) in [5, 5.41) is 7.44. The topological polar surface area (TPSA) is 85.1 Å². The zero-order chi connectivity index (χ0) is 14.9. The quantitative estimate of drug-likeness (QED) is 0.930. The zero-order valence-electron chi connectivity index (χ0n) is 11.8. The number of fused-ring (bicyclic) bond motifs is 1. The summed E-state index contributed by atoms with van der Waals surface area (Å²) in [6.45, 7) is 1.66. The average Bonchev–Trinajstić information content (AvgIpc) is 2.90. The number of hydrogen-bond donors (Lipinski definition) is 1. The minimum Gasteiger partial charge on any atom is -0.424 e. The van der Waals surface area contributed by atoms with Gasteiger partial charge in [0.2, 0.25) is 21.8 Å². The summed E-state index contributed by atoms with van der Waals surface area (Å²) in [6, 6.07) is 5.35. The molecule has 0 amide bonds. The standard InChI is InChI=1S/C14H17N3O3S/c1-10-16-17-14(20-10)9-15-21(18,19)13-7-6-11-4-2-3-5-12(11)8-13/h6-8,15H,2-5,9H2,1H3. The highest BCUT2D eigenvalue weighted by Crippen LogP contribution is 2.24. The minimum atomic E-state index is -3.56. The first-order valence-electron chi connectivity index (χ1n) is 6.95. The molecule has 1 aromatic carbocycles. The molecule has 0 radical (unpaired) electrons. The Balaban J connectivity index is 1.78. The summed E-state index contributed by atoms with van der Waals surface area (Å²) in [5.74, 6) is 0.673. The lowest BCUT2D eigenvalue weighted by atomic mass is 9.92. The second kappa shape index (κ2) is 5.57. The van der Waals surface area contributed by atoms with E-state index in [0.29, 0.717) is 10.8 Å². The van der Waals surface area contributed by atoms with Gasteiger partial charge in [0.25, 0.3) is 0 Å². The van der Waals surface area contributed by atoms with Gasteiger partial charge in [-0.2, -0.15) is 0 Å². The molecule has 0 fully saturated rings. The van der Waals surface area contributed by atoms with Crippen LogP contribution in [-0.4, -0.2) is 18.6 Å². The van der Waals surface area contributed by atoms with E-state index in [0.717, 1.165) is 24.8 Å². The van der Waals surface area contributed by atoms with Gasteiger partial charge in [-0.3, -0.25) is 0 Å². The molecule has 1 aromatic heterocycles. The molecule has 0 saturated carbocycles. The van der Waals surface area contributed by atoms with Crippen LogP contribution in [0.15, 0.2) is 27.5 Å². The van der Waals surface area contributed by atoms with E-state index in [1.807, 2.05) is 6.07 Å². The molecule has 3 rings (SSSR count). The predicted molar refractivity (Wildman–Crippen MR) is 76.1 cm³/mol. The molecule has 1 N–H and O–H groups in total. The molecule has 0 aliphatic heterocycles. The molecule has 7 heteroatoms. The number of sulfonamides is 1. The second-order valence-corrected chi connectivity index (χ2v) is 6.94. The van der Waals surface area contributed by atoms with Crippen LogP contribution in [0, 0.1) is 6.92 Å². The normalized spacial score (nSPS) is 14.9. The molecule has 1 aliphatic carbocycles. The molecular weight excluding hydrogens is 290 g/mol. The molecule has 0 atom stereocenters. The van der Waals surface area contributed by atoms with E-state index in [-0.39, 0.29) is 12.4 Å². The van der Waals surface area contributed by atoms with E-state index in [2.05, 4.69) is 14.9 Å². The van der Waals surface area contributed by atoms with Gasteiger partial charge >= 0.3 is 0 Å². The number of aromatic nitrogens is 2. The van der Waals surface area contributed by atoms with Gasteiger partial charge in [-0.05, 0) is 48.9 Å². The maximum atomic E-state index is 12.3. The molecular formula is C14H17N3O3S. The van der Waals surface area contributed by atoms with Crippen LogP contribution in [0.1, 0.15) is 35.7 Å². The zero-order valence-corrected chi connectivity index (χ0v) is 12.6. The molecule has 21 heavy (non-hydrogen) atoms. The van der Waals surface area contributed by atoms with Gasteiger partial charge in [0.1, 0.15) is 0 Å². The van der Waals surface area contributed by atoms with Crippen molar-refractivity contribution in [2.45, 2.75) is 44.0 Å². The number of rotatable bonds is 4. The molecule has 0 spiro atoms. The van der Waals surface area contributed by atoms with Crippen LogP contribution in [0.25, 0.3) is 0 Å². The van der Waals surface area contributed by atoms with Gasteiger partial charge in [-0.25, -0.2) is 13.1 Å². The number of hydrogen-bond acceptors (Lipinski definition) is 5. The first kappa shape index (κ1) is 14.2. The van der Waals surface area contributed by atoms with E-state index in [9.17, 15) is 8.42 Å². The summed E-state index contributed by atoms with van der Waals surface area (Å²) in [5.41, 5.74) is 2.39. The Morgan fingerprint density at radius 3 is 2.67 bits per heavy atom. The SMILES string of the molecule is Cc1nnc(CNS(=O)(=O)c2ccc3c(c2)CCCC3)o1. The van der Waals surface area contributed by atoms with Crippen LogP contribution in [0.5, 0.6) is 0 Å². The van der Waals surface area contributed by atoms with Crippen molar-refractivity contribution in [3.8, 4) is 0 Å². The van der Waals surface area contributed by atoms with Gasteiger partial charge in [-0.1, -0.05) is 6.07 Å². The molecule has 6 nitrogen and oxygen atoms in total. The molecule has 112 valence electrons. The van der Waals surface area contributed by atoms with Crippen molar-refractivity contribution in [3.05, 3.63) is 41.1 Å². The third kappa shape index (κ3) is 3.14. The first-order valence-corrected chi connectivity index (χ1v) is 8.43. The molecule has 0 bridgehead atoms. The van der Waals surface area contributed by atoms with Crippen molar-refractivity contribution in [3.63, 3.8) is 0 Å². The van der Waals surface area contributed by atoms with Crippen molar-refractivity contribution >= 4 is 10.0 Å². The Morgan fingerprint density at radius 1 is 1.19 bits per heavy atom. The summed E-state index contributed by atoms with van der Waals surface area (Å²) in [6.07, 6.45) is 4.27. The Morgan fingerprint density at radius 2 is 1.95 bits per heavy atom. The highest BCUT2D eigenvalue weighted by Gasteiger charge is 2.18. The molecule has 1 aliphatic rings. The smallest absolute Gasteiger partial charge is 0.241 e. The van der Waals surface area contributed by atoms with E-state index in [1.54, 1.807) is 19.1 Å². The van der Waals surface area contributed by atoms with Gasteiger partial charge in [0.15, 0.2) is 0 Å². The average molecular weight is 307 g/mol. The summed E-state index contributed by atoms with van der Waals surface area (Å²) in [4.78, 5) is 0.291. The number of nitrogens with one attached hydrogen (secondary N) is 1. The Kier molecular flexibility index (Phi) is 3.77. The van der Waals surface area contributed by atoms with Gasteiger partial charge in [0, 0.05) is 6.92 Å². The van der Waals surface area contributed by atoms with Crippen molar-refractivity contribution in [1.82, 2.24) is 14.9 Å². The van der Waals surface area contributed by atoms with Crippen LogP contribution in [0.4, 0.5) is 0 Å². The fraction of sp³-hybridized carbons (Fsp3) is 0.429. The van der Waals surface area contributed by atoms with Gasteiger partial charge in [0.05, 0.1) is 11.4 Å². The summed E-state index contributed by atoms with van der Waals surface area (Å²) < 4.78 is 32.2. The lowest BCUT2D eigenvalue weighted by Gasteiger charge is -2.16. The third-order valence-corrected chi connectivity index (χ3v) is 5.01. The monoisotopic (exact) mass is 307 g/mol. The van der Waals surface area contributed by atoms with Gasteiger partial charge in [-0.15, -0.1) is 10.2 Å². The van der Waals surface area contributed by atoms with E-state index in [1.165, 1.54) is 12.0 Å². The van der Waals surface area contributed by atoms with Crippen molar-refractivity contribution in [1.29, 1.82) is 0 Å². The maximum Gasteiger partial charge on any atom is 0.241 e. The first-order chi connectivity index (χ1) is 10.0. The lowest BCUT2D eigenvalue weighted by Crippen LogP contribution is -2.23.